The number of rotatable bonds is 2. The molecule has 0 aliphatic heterocycles. The fraction of sp³-hybridized carbons (Fsp3) is 0.556. The van der Waals surface area contributed by atoms with Gasteiger partial charge in [0, 0.05) is 19.2 Å². The average Bonchev–Trinajstić information content (AvgIpc) is 2.08. The number of nitrogens with zero attached hydrogens (tertiary/aromatic N) is 1. The number of allylic oxidation sites excluding steroid dienone is 2. The second kappa shape index (κ2) is 4.04. The Morgan fingerprint density at radius 1 is 1.58 bits per heavy atom. The largest absolute Gasteiger partial charge is 0.396 e. The maximum Gasteiger partial charge on any atom is 0.178 e. The lowest BCUT2D eigenvalue weighted by Crippen LogP contribution is -2.19. The van der Waals surface area contributed by atoms with E-state index in [0.717, 1.165) is 25.0 Å². The third kappa shape index (κ3) is 1.94. The lowest BCUT2D eigenvalue weighted by atomic mass is 9.96. The highest BCUT2D eigenvalue weighted by molar-refractivity contribution is 6.01. The summed E-state index contributed by atoms with van der Waals surface area (Å²) in [6, 6.07) is 0. The third-order valence-corrected chi connectivity index (χ3v) is 1.93. The van der Waals surface area contributed by atoms with Crippen LogP contribution in [0.15, 0.2) is 16.3 Å². The number of carbonyl (C=O) groups is 1. The molecule has 0 aromatic rings. The van der Waals surface area contributed by atoms with Crippen LogP contribution in [0.3, 0.4) is 0 Å². The molecule has 0 aromatic heterocycles. The van der Waals surface area contributed by atoms with Crippen molar-refractivity contribution >= 4 is 12.0 Å². The first-order chi connectivity index (χ1) is 5.75. The molecule has 0 saturated carbocycles. The van der Waals surface area contributed by atoms with Crippen LogP contribution in [0.5, 0.6) is 0 Å². The zero-order chi connectivity index (χ0) is 8.97. The van der Waals surface area contributed by atoms with E-state index in [2.05, 4.69) is 4.99 Å². The van der Waals surface area contributed by atoms with Crippen molar-refractivity contribution in [3.05, 3.63) is 11.3 Å². The molecule has 1 rings (SSSR count). The van der Waals surface area contributed by atoms with Crippen LogP contribution >= 0.6 is 0 Å². The van der Waals surface area contributed by atoms with Crippen LogP contribution in [0.1, 0.15) is 26.2 Å². The molecule has 0 heterocycles. The van der Waals surface area contributed by atoms with Crippen molar-refractivity contribution in [2.24, 2.45) is 10.7 Å². The predicted octanol–water partition coefficient (Wildman–Crippen LogP) is 1.04. The van der Waals surface area contributed by atoms with Crippen LogP contribution in [0.4, 0.5) is 0 Å². The van der Waals surface area contributed by atoms with Crippen molar-refractivity contribution < 1.29 is 4.79 Å². The lowest BCUT2D eigenvalue weighted by molar-refractivity contribution is -0.116. The smallest absolute Gasteiger partial charge is 0.178 e. The minimum Gasteiger partial charge on any atom is -0.396 e. The van der Waals surface area contributed by atoms with Gasteiger partial charge in [0.2, 0.25) is 0 Å². The maximum atomic E-state index is 11.1. The van der Waals surface area contributed by atoms with Gasteiger partial charge in [-0.2, -0.15) is 0 Å². The normalized spacial score (nSPS) is 19.2. The number of ketones is 1. The molecule has 0 aromatic carbocycles. The molecule has 12 heavy (non-hydrogen) atoms. The highest BCUT2D eigenvalue weighted by Crippen LogP contribution is 2.16. The Hall–Kier alpha value is -1.12. The van der Waals surface area contributed by atoms with Crippen LogP contribution in [-0.4, -0.2) is 18.5 Å². The number of carbonyl (C=O) groups excluding carboxylic acids is 1. The zero-order valence-corrected chi connectivity index (χ0v) is 7.34. The van der Waals surface area contributed by atoms with Gasteiger partial charge in [0.1, 0.15) is 0 Å². The summed E-state index contributed by atoms with van der Waals surface area (Å²) in [6.07, 6.45) is 4.12. The van der Waals surface area contributed by atoms with Crippen molar-refractivity contribution in [1.82, 2.24) is 0 Å². The van der Waals surface area contributed by atoms with E-state index < -0.39 is 0 Å². The molecule has 0 saturated heterocycles. The van der Waals surface area contributed by atoms with E-state index in [-0.39, 0.29) is 5.78 Å². The molecule has 0 bridgehead atoms. The van der Waals surface area contributed by atoms with E-state index in [1.54, 1.807) is 6.21 Å². The molecule has 0 radical (unpaired) electrons. The van der Waals surface area contributed by atoms with Crippen LogP contribution in [0.2, 0.25) is 0 Å². The summed E-state index contributed by atoms with van der Waals surface area (Å²) in [5.74, 6) is 0.0683. The Kier molecular flexibility index (Phi) is 3.02. The number of hydrogen-bond donors (Lipinski definition) is 1. The summed E-state index contributed by atoms with van der Waals surface area (Å²) in [7, 11) is 0. The minimum atomic E-state index is 0.0683. The Balaban J connectivity index is 2.78. The zero-order valence-electron chi connectivity index (χ0n) is 7.34. The highest BCUT2D eigenvalue weighted by Gasteiger charge is 2.15. The maximum absolute atomic E-state index is 11.1. The second-order valence-corrected chi connectivity index (χ2v) is 2.84. The van der Waals surface area contributed by atoms with Gasteiger partial charge in [-0.25, -0.2) is 0 Å². The van der Waals surface area contributed by atoms with Gasteiger partial charge < -0.3 is 5.73 Å². The summed E-state index contributed by atoms with van der Waals surface area (Å²) >= 11 is 0. The summed E-state index contributed by atoms with van der Waals surface area (Å²) in [5, 5.41) is 0. The van der Waals surface area contributed by atoms with Crippen molar-refractivity contribution in [1.29, 1.82) is 0 Å². The molecular weight excluding hydrogens is 152 g/mol. The fourth-order valence-corrected chi connectivity index (χ4v) is 1.22. The topological polar surface area (TPSA) is 55.4 Å². The van der Waals surface area contributed by atoms with Crippen molar-refractivity contribution in [3.8, 4) is 0 Å². The Bertz CT molecular complexity index is 241. The van der Waals surface area contributed by atoms with Gasteiger partial charge in [-0.15, -0.1) is 0 Å². The quantitative estimate of drug-likeness (QED) is 0.623. The van der Waals surface area contributed by atoms with Gasteiger partial charge >= 0.3 is 0 Å². The van der Waals surface area contributed by atoms with Gasteiger partial charge in [0.15, 0.2) is 5.78 Å². The van der Waals surface area contributed by atoms with Gasteiger partial charge in [0.25, 0.3) is 0 Å². The number of Topliss-reactive ketones (excluding diaryl/α,β-unsaturated/α-hetero) is 1. The Morgan fingerprint density at radius 3 is 3.00 bits per heavy atom. The summed E-state index contributed by atoms with van der Waals surface area (Å²) in [4.78, 5) is 15.2. The monoisotopic (exact) mass is 166 g/mol. The van der Waals surface area contributed by atoms with E-state index in [0.29, 0.717) is 12.1 Å². The van der Waals surface area contributed by atoms with Crippen molar-refractivity contribution in [3.63, 3.8) is 0 Å². The summed E-state index contributed by atoms with van der Waals surface area (Å²) < 4.78 is 0. The average molecular weight is 166 g/mol. The molecule has 0 amide bonds. The number of hydrogen-bond acceptors (Lipinski definition) is 3. The lowest BCUT2D eigenvalue weighted by Gasteiger charge is -2.12. The molecule has 0 atom stereocenters. The van der Waals surface area contributed by atoms with E-state index in [1.807, 2.05) is 6.92 Å². The number of aliphatic imine (C=N–C) groups is 1. The van der Waals surface area contributed by atoms with Crippen LogP contribution in [0, 0.1) is 0 Å². The molecule has 3 nitrogen and oxygen atoms in total. The van der Waals surface area contributed by atoms with E-state index in [4.69, 9.17) is 5.73 Å². The summed E-state index contributed by atoms with van der Waals surface area (Å²) in [6.45, 7) is 2.70. The number of nitrogens with two attached hydrogens (primary N) is 1. The third-order valence-electron chi connectivity index (χ3n) is 1.93. The standard InChI is InChI=1S/C9H14N2O/c1-2-11-6-7-4-3-5-8(12)9(7)10/h6H,2-5,10H2,1H3. The van der Waals surface area contributed by atoms with E-state index >= 15 is 0 Å². The SMILES string of the molecule is CCN=CC1=C(N)C(=O)CCC1. The summed E-state index contributed by atoms with van der Waals surface area (Å²) in [5.41, 5.74) is 6.93. The second-order valence-electron chi connectivity index (χ2n) is 2.84. The van der Waals surface area contributed by atoms with E-state index in [9.17, 15) is 4.79 Å². The first kappa shape index (κ1) is 8.97. The molecule has 0 fully saturated rings. The Labute approximate surface area is 72.4 Å². The first-order valence-electron chi connectivity index (χ1n) is 4.27. The van der Waals surface area contributed by atoms with Gasteiger partial charge in [-0.3, -0.25) is 9.79 Å². The van der Waals surface area contributed by atoms with Crippen LogP contribution in [-0.2, 0) is 4.79 Å². The highest BCUT2D eigenvalue weighted by atomic mass is 16.1. The molecule has 0 unspecified atom stereocenters. The van der Waals surface area contributed by atoms with Crippen LogP contribution in [0.25, 0.3) is 0 Å². The van der Waals surface area contributed by atoms with Crippen molar-refractivity contribution in [2.45, 2.75) is 26.2 Å². The molecule has 1 aliphatic rings. The molecule has 66 valence electrons. The molecule has 0 spiro atoms. The Morgan fingerprint density at radius 2 is 2.33 bits per heavy atom. The molecule has 2 N–H and O–H groups in total. The van der Waals surface area contributed by atoms with E-state index in [1.165, 1.54) is 0 Å². The molecule has 3 heteroatoms. The van der Waals surface area contributed by atoms with Crippen LogP contribution < -0.4 is 5.73 Å². The molecular formula is C9H14N2O. The van der Waals surface area contributed by atoms with Gasteiger partial charge in [0.05, 0.1) is 5.70 Å². The first-order valence-corrected chi connectivity index (χ1v) is 4.27. The van der Waals surface area contributed by atoms with Gasteiger partial charge in [-0.05, 0) is 25.3 Å². The minimum absolute atomic E-state index is 0.0683. The van der Waals surface area contributed by atoms with Gasteiger partial charge in [-0.1, -0.05) is 0 Å². The van der Waals surface area contributed by atoms with Crippen molar-refractivity contribution in [2.75, 3.05) is 6.54 Å². The predicted molar refractivity (Wildman–Crippen MR) is 49.1 cm³/mol. The molecule has 1 aliphatic carbocycles. The fourth-order valence-electron chi connectivity index (χ4n) is 1.22.